The van der Waals surface area contributed by atoms with E-state index >= 15 is 0 Å². The van der Waals surface area contributed by atoms with Gasteiger partial charge in [0, 0.05) is 38.4 Å². The summed E-state index contributed by atoms with van der Waals surface area (Å²) in [4.78, 5) is 25.6. The monoisotopic (exact) mass is 327 g/mol. The highest BCUT2D eigenvalue weighted by atomic mass is 16.2. The average Bonchev–Trinajstić information content (AvgIpc) is 3.03. The summed E-state index contributed by atoms with van der Waals surface area (Å²) in [5.41, 5.74) is 1.92. The van der Waals surface area contributed by atoms with Gasteiger partial charge in [-0.15, -0.1) is 0 Å². The van der Waals surface area contributed by atoms with E-state index < -0.39 is 0 Å². The van der Waals surface area contributed by atoms with Crippen LogP contribution in [-0.4, -0.2) is 46.3 Å². The standard InChI is InChI=1S/C17H21N5O2/c1-13(20-17(24)21-11-7-16(23)18-9-12-21)14-5-2-3-6-15(14)22-10-4-8-19-22/h2-6,8,10,13H,7,9,11-12H2,1H3,(H,18,23)(H,20,24)/t13-/m1/s1. The molecule has 0 bridgehead atoms. The summed E-state index contributed by atoms with van der Waals surface area (Å²) in [6, 6.07) is 9.37. The highest BCUT2D eigenvalue weighted by Crippen LogP contribution is 2.21. The minimum absolute atomic E-state index is 0.0117. The van der Waals surface area contributed by atoms with Gasteiger partial charge >= 0.3 is 6.03 Å². The first kappa shape index (κ1) is 16.0. The van der Waals surface area contributed by atoms with Crippen molar-refractivity contribution in [3.05, 3.63) is 48.3 Å². The summed E-state index contributed by atoms with van der Waals surface area (Å²) in [6.07, 6.45) is 3.94. The number of hydrogen-bond acceptors (Lipinski definition) is 3. The maximum absolute atomic E-state index is 12.5. The molecule has 0 spiro atoms. The second kappa shape index (κ2) is 7.16. The van der Waals surface area contributed by atoms with E-state index in [0.29, 0.717) is 26.1 Å². The Morgan fingerprint density at radius 3 is 2.92 bits per heavy atom. The van der Waals surface area contributed by atoms with Crippen molar-refractivity contribution in [1.29, 1.82) is 0 Å². The zero-order chi connectivity index (χ0) is 16.9. The third kappa shape index (κ3) is 3.56. The van der Waals surface area contributed by atoms with Crippen LogP contribution in [0.25, 0.3) is 5.69 Å². The molecular formula is C17H21N5O2. The van der Waals surface area contributed by atoms with Gasteiger partial charge in [-0.1, -0.05) is 18.2 Å². The SMILES string of the molecule is C[C@@H](NC(=O)N1CCNC(=O)CC1)c1ccccc1-n1cccn1. The van der Waals surface area contributed by atoms with Crippen LogP contribution in [0.2, 0.25) is 0 Å². The van der Waals surface area contributed by atoms with Crippen molar-refractivity contribution in [2.75, 3.05) is 19.6 Å². The number of urea groups is 1. The molecular weight excluding hydrogens is 306 g/mol. The normalized spacial score (nSPS) is 16.2. The molecule has 24 heavy (non-hydrogen) atoms. The Labute approximate surface area is 140 Å². The lowest BCUT2D eigenvalue weighted by Crippen LogP contribution is -2.42. The number of aromatic nitrogens is 2. The summed E-state index contributed by atoms with van der Waals surface area (Å²) < 4.78 is 1.78. The maximum Gasteiger partial charge on any atom is 0.317 e. The molecule has 0 radical (unpaired) electrons. The van der Waals surface area contributed by atoms with Gasteiger partial charge in [-0.2, -0.15) is 5.10 Å². The van der Waals surface area contributed by atoms with Crippen molar-refractivity contribution in [3.8, 4) is 5.69 Å². The Bertz CT molecular complexity index is 714. The van der Waals surface area contributed by atoms with Crippen molar-refractivity contribution < 1.29 is 9.59 Å². The zero-order valence-electron chi connectivity index (χ0n) is 13.6. The van der Waals surface area contributed by atoms with Gasteiger partial charge in [0.25, 0.3) is 0 Å². The average molecular weight is 327 g/mol. The van der Waals surface area contributed by atoms with Crippen LogP contribution >= 0.6 is 0 Å². The number of rotatable bonds is 3. The molecule has 1 aliphatic rings. The van der Waals surface area contributed by atoms with E-state index in [1.165, 1.54) is 0 Å². The van der Waals surface area contributed by atoms with Gasteiger partial charge in [0.2, 0.25) is 5.91 Å². The van der Waals surface area contributed by atoms with Crippen LogP contribution in [0.3, 0.4) is 0 Å². The Hall–Kier alpha value is -2.83. The first-order valence-electron chi connectivity index (χ1n) is 8.06. The lowest BCUT2D eigenvalue weighted by molar-refractivity contribution is -0.120. The third-order valence-corrected chi connectivity index (χ3v) is 4.09. The number of hydrogen-bond donors (Lipinski definition) is 2. The molecule has 7 heteroatoms. The quantitative estimate of drug-likeness (QED) is 0.896. The molecule has 0 saturated carbocycles. The van der Waals surface area contributed by atoms with Crippen LogP contribution in [-0.2, 0) is 4.79 Å². The molecule has 1 saturated heterocycles. The third-order valence-electron chi connectivity index (χ3n) is 4.09. The molecule has 7 nitrogen and oxygen atoms in total. The van der Waals surface area contributed by atoms with Crippen LogP contribution in [0.1, 0.15) is 24.9 Å². The summed E-state index contributed by atoms with van der Waals surface area (Å²) in [5, 5.41) is 10.1. The van der Waals surface area contributed by atoms with Crippen molar-refractivity contribution in [2.24, 2.45) is 0 Å². The summed E-state index contributed by atoms with van der Waals surface area (Å²) in [5.74, 6) is -0.0117. The number of carbonyl (C=O) groups is 2. The molecule has 126 valence electrons. The van der Waals surface area contributed by atoms with E-state index in [2.05, 4.69) is 15.7 Å². The number of carbonyl (C=O) groups excluding carboxylic acids is 2. The van der Waals surface area contributed by atoms with Crippen LogP contribution in [0.15, 0.2) is 42.7 Å². The molecule has 1 aromatic heterocycles. The van der Waals surface area contributed by atoms with Crippen molar-refractivity contribution in [2.45, 2.75) is 19.4 Å². The Balaban J connectivity index is 1.72. The number of benzene rings is 1. The number of amides is 3. The highest BCUT2D eigenvalue weighted by Gasteiger charge is 2.21. The summed E-state index contributed by atoms with van der Waals surface area (Å²) >= 11 is 0. The number of nitrogens with zero attached hydrogens (tertiary/aromatic N) is 3. The van der Waals surface area contributed by atoms with Gasteiger partial charge in [-0.25, -0.2) is 9.48 Å². The van der Waals surface area contributed by atoms with Gasteiger partial charge in [0.15, 0.2) is 0 Å². The smallest absolute Gasteiger partial charge is 0.317 e. The Morgan fingerprint density at radius 1 is 1.29 bits per heavy atom. The molecule has 1 atom stereocenters. The fourth-order valence-electron chi connectivity index (χ4n) is 2.80. The molecule has 2 aromatic rings. The topological polar surface area (TPSA) is 79.3 Å². The van der Waals surface area contributed by atoms with Gasteiger partial charge < -0.3 is 15.5 Å². The molecule has 1 aliphatic heterocycles. The minimum Gasteiger partial charge on any atom is -0.354 e. The van der Waals surface area contributed by atoms with Crippen LogP contribution in [0, 0.1) is 0 Å². The highest BCUT2D eigenvalue weighted by molar-refractivity contribution is 5.79. The molecule has 1 fully saturated rings. The fourth-order valence-corrected chi connectivity index (χ4v) is 2.80. The maximum atomic E-state index is 12.5. The van der Waals surface area contributed by atoms with E-state index in [1.807, 2.05) is 43.5 Å². The number of para-hydroxylation sites is 1. The largest absolute Gasteiger partial charge is 0.354 e. The lowest BCUT2D eigenvalue weighted by Gasteiger charge is -2.24. The van der Waals surface area contributed by atoms with Crippen LogP contribution in [0.5, 0.6) is 0 Å². The number of nitrogens with one attached hydrogen (secondary N) is 2. The molecule has 2 N–H and O–H groups in total. The van der Waals surface area contributed by atoms with Crippen molar-refractivity contribution >= 4 is 11.9 Å². The summed E-state index contributed by atoms with van der Waals surface area (Å²) in [6.45, 7) is 3.39. The van der Waals surface area contributed by atoms with E-state index in [9.17, 15) is 9.59 Å². The molecule has 2 heterocycles. The van der Waals surface area contributed by atoms with E-state index in [4.69, 9.17) is 0 Å². The molecule has 3 rings (SSSR count). The first-order valence-corrected chi connectivity index (χ1v) is 8.06. The van der Waals surface area contributed by atoms with E-state index in [1.54, 1.807) is 15.8 Å². The van der Waals surface area contributed by atoms with Crippen LogP contribution in [0.4, 0.5) is 4.79 Å². The first-order chi connectivity index (χ1) is 11.6. The minimum atomic E-state index is -0.176. The van der Waals surface area contributed by atoms with Crippen LogP contribution < -0.4 is 10.6 Å². The molecule has 0 unspecified atom stereocenters. The summed E-state index contributed by atoms with van der Waals surface area (Å²) in [7, 11) is 0. The molecule has 0 aliphatic carbocycles. The predicted molar refractivity (Wildman–Crippen MR) is 89.7 cm³/mol. The van der Waals surface area contributed by atoms with Crippen molar-refractivity contribution in [1.82, 2.24) is 25.3 Å². The predicted octanol–water partition coefficient (Wildman–Crippen LogP) is 1.46. The van der Waals surface area contributed by atoms with Gasteiger partial charge in [0.05, 0.1) is 11.7 Å². The fraction of sp³-hybridized carbons (Fsp3) is 0.353. The lowest BCUT2D eigenvalue weighted by atomic mass is 10.1. The van der Waals surface area contributed by atoms with Gasteiger partial charge in [0.1, 0.15) is 0 Å². The second-order valence-corrected chi connectivity index (χ2v) is 5.77. The van der Waals surface area contributed by atoms with E-state index in [0.717, 1.165) is 11.3 Å². The zero-order valence-corrected chi connectivity index (χ0v) is 13.6. The van der Waals surface area contributed by atoms with Crippen molar-refractivity contribution in [3.63, 3.8) is 0 Å². The van der Waals surface area contributed by atoms with Gasteiger partial charge in [-0.05, 0) is 24.6 Å². The molecule has 3 amide bonds. The Morgan fingerprint density at radius 2 is 2.12 bits per heavy atom. The Kier molecular flexibility index (Phi) is 4.79. The molecule has 1 aromatic carbocycles. The second-order valence-electron chi connectivity index (χ2n) is 5.77. The van der Waals surface area contributed by atoms with Gasteiger partial charge in [-0.3, -0.25) is 4.79 Å². The van der Waals surface area contributed by atoms with E-state index in [-0.39, 0.29) is 18.0 Å².